The monoisotopic (exact) mass is 347 g/mol. The van der Waals surface area contributed by atoms with Crippen molar-refractivity contribution in [3.63, 3.8) is 0 Å². The Morgan fingerprint density at radius 2 is 2.18 bits per heavy atom. The summed E-state index contributed by atoms with van der Waals surface area (Å²) in [5, 5.41) is 2.90. The standard InChI is InChI=1S/C11H17N5.HI/c1-3-5-13-11(12)14-6-4-10-15-7-9(2)8-16-10;/h3,7-8H,1,4-6H2,2H3,(H3,12,13,14);1H. The Balaban J connectivity index is 0.00000256. The van der Waals surface area contributed by atoms with Crippen molar-refractivity contribution in [2.24, 2.45) is 10.7 Å². The van der Waals surface area contributed by atoms with Crippen LogP contribution in [0.3, 0.4) is 0 Å². The van der Waals surface area contributed by atoms with E-state index >= 15 is 0 Å². The zero-order valence-electron chi connectivity index (χ0n) is 9.89. The molecule has 94 valence electrons. The first-order chi connectivity index (χ1) is 7.72. The SMILES string of the molecule is C=CCNC(N)=NCCc1ncc(C)cn1.I. The molecular formula is C11H18IN5. The molecule has 17 heavy (non-hydrogen) atoms. The van der Waals surface area contributed by atoms with Crippen LogP contribution in [0.15, 0.2) is 30.0 Å². The Kier molecular flexibility index (Phi) is 8.29. The minimum atomic E-state index is 0. The van der Waals surface area contributed by atoms with Gasteiger partial charge in [0.05, 0.1) is 0 Å². The van der Waals surface area contributed by atoms with E-state index in [0.29, 0.717) is 25.5 Å². The second-order valence-corrected chi connectivity index (χ2v) is 3.36. The summed E-state index contributed by atoms with van der Waals surface area (Å²) in [4.78, 5) is 12.5. The van der Waals surface area contributed by atoms with E-state index in [1.165, 1.54) is 0 Å². The maximum absolute atomic E-state index is 5.60. The van der Waals surface area contributed by atoms with Gasteiger partial charge >= 0.3 is 0 Å². The third kappa shape index (κ3) is 6.88. The Bertz CT molecular complexity index is 361. The average molecular weight is 347 g/mol. The Labute approximate surface area is 119 Å². The first-order valence-corrected chi connectivity index (χ1v) is 5.14. The minimum absolute atomic E-state index is 0. The second kappa shape index (κ2) is 8.91. The molecule has 0 amide bonds. The molecule has 0 saturated carbocycles. The molecule has 0 aromatic carbocycles. The highest BCUT2D eigenvalue weighted by Gasteiger charge is 1.95. The molecule has 0 aliphatic carbocycles. The largest absolute Gasteiger partial charge is 0.370 e. The lowest BCUT2D eigenvalue weighted by molar-refractivity contribution is 0.852. The zero-order valence-corrected chi connectivity index (χ0v) is 12.2. The molecule has 0 spiro atoms. The van der Waals surface area contributed by atoms with Gasteiger partial charge in [0, 0.05) is 31.9 Å². The number of aliphatic imine (C=N–C) groups is 1. The topological polar surface area (TPSA) is 76.2 Å². The molecular weight excluding hydrogens is 329 g/mol. The van der Waals surface area contributed by atoms with Crippen LogP contribution in [0.1, 0.15) is 11.4 Å². The summed E-state index contributed by atoms with van der Waals surface area (Å²) in [6.45, 7) is 6.74. The highest BCUT2D eigenvalue weighted by molar-refractivity contribution is 14.0. The van der Waals surface area contributed by atoms with Crippen molar-refractivity contribution in [3.8, 4) is 0 Å². The van der Waals surface area contributed by atoms with Gasteiger partial charge in [0.25, 0.3) is 0 Å². The molecule has 0 atom stereocenters. The number of hydrogen-bond acceptors (Lipinski definition) is 3. The Morgan fingerprint density at radius 1 is 1.53 bits per heavy atom. The predicted octanol–water partition coefficient (Wildman–Crippen LogP) is 1.04. The van der Waals surface area contributed by atoms with Crippen LogP contribution in [-0.2, 0) is 6.42 Å². The zero-order chi connectivity index (χ0) is 11.8. The van der Waals surface area contributed by atoms with Crippen molar-refractivity contribution in [3.05, 3.63) is 36.4 Å². The molecule has 0 radical (unpaired) electrons. The third-order valence-corrected chi connectivity index (χ3v) is 1.88. The third-order valence-electron chi connectivity index (χ3n) is 1.88. The minimum Gasteiger partial charge on any atom is -0.370 e. The summed E-state index contributed by atoms with van der Waals surface area (Å²) < 4.78 is 0. The number of halogens is 1. The summed E-state index contributed by atoms with van der Waals surface area (Å²) in [5.74, 6) is 1.21. The smallest absolute Gasteiger partial charge is 0.188 e. The van der Waals surface area contributed by atoms with Crippen molar-refractivity contribution in [2.75, 3.05) is 13.1 Å². The number of nitrogens with one attached hydrogen (secondary N) is 1. The second-order valence-electron chi connectivity index (χ2n) is 3.36. The number of nitrogens with two attached hydrogens (primary N) is 1. The lowest BCUT2D eigenvalue weighted by Crippen LogP contribution is -2.31. The van der Waals surface area contributed by atoms with E-state index in [1.807, 2.05) is 6.92 Å². The molecule has 0 saturated heterocycles. The highest BCUT2D eigenvalue weighted by Crippen LogP contribution is 1.94. The molecule has 1 rings (SSSR count). The molecule has 3 N–H and O–H groups in total. The van der Waals surface area contributed by atoms with Crippen LogP contribution >= 0.6 is 24.0 Å². The molecule has 1 heterocycles. The highest BCUT2D eigenvalue weighted by atomic mass is 127. The van der Waals surface area contributed by atoms with Gasteiger partial charge < -0.3 is 11.1 Å². The van der Waals surface area contributed by atoms with Crippen molar-refractivity contribution in [1.29, 1.82) is 0 Å². The number of hydrogen-bond donors (Lipinski definition) is 2. The summed E-state index contributed by atoms with van der Waals surface area (Å²) in [6, 6.07) is 0. The maximum atomic E-state index is 5.60. The first kappa shape index (κ1) is 15.8. The number of rotatable bonds is 5. The molecule has 0 aliphatic rings. The van der Waals surface area contributed by atoms with Gasteiger partial charge in [-0.25, -0.2) is 9.97 Å². The number of aromatic nitrogens is 2. The van der Waals surface area contributed by atoms with Gasteiger partial charge in [-0.1, -0.05) is 6.08 Å². The van der Waals surface area contributed by atoms with Crippen LogP contribution in [0.4, 0.5) is 0 Å². The van der Waals surface area contributed by atoms with Crippen molar-refractivity contribution in [2.45, 2.75) is 13.3 Å². The molecule has 0 aliphatic heterocycles. The summed E-state index contributed by atoms with van der Waals surface area (Å²) in [6.07, 6.45) is 6.01. The van der Waals surface area contributed by atoms with Crippen LogP contribution in [0.2, 0.25) is 0 Å². The van der Waals surface area contributed by atoms with E-state index in [4.69, 9.17) is 5.73 Å². The van der Waals surface area contributed by atoms with Gasteiger partial charge in [-0.15, -0.1) is 30.6 Å². The van der Waals surface area contributed by atoms with Crippen molar-refractivity contribution >= 4 is 29.9 Å². The van der Waals surface area contributed by atoms with Crippen LogP contribution in [0, 0.1) is 6.92 Å². The molecule has 6 heteroatoms. The summed E-state index contributed by atoms with van der Waals surface area (Å²) in [7, 11) is 0. The van der Waals surface area contributed by atoms with Gasteiger partial charge in [-0.3, -0.25) is 4.99 Å². The molecule has 1 aromatic heterocycles. The maximum Gasteiger partial charge on any atom is 0.188 e. The van der Waals surface area contributed by atoms with Gasteiger partial charge in [0.15, 0.2) is 5.96 Å². The van der Waals surface area contributed by atoms with Crippen LogP contribution in [0.25, 0.3) is 0 Å². The molecule has 0 unspecified atom stereocenters. The molecule has 0 bridgehead atoms. The van der Waals surface area contributed by atoms with E-state index in [1.54, 1.807) is 18.5 Å². The quantitative estimate of drug-likeness (QED) is 0.361. The van der Waals surface area contributed by atoms with E-state index in [0.717, 1.165) is 11.4 Å². The summed E-state index contributed by atoms with van der Waals surface area (Å²) in [5.41, 5.74) is 6.65. The molecule has 0 fully saturated rings. The van der Waals surface area contributed by atoms with Gasteiger partial charge in [-0.2, -0.15) is 0 Å². The lowest BCUT2D eigenvalue weighted by atomic mass is 10.3. The predicted molar refractivity (Wildman–Crippen MR) is 80.6 cm³/mol. The fourth-order valence-electron chi connectivity index (χ4n) is 1.06. The number of nitrogens with zero attached hydrogens (tertiary/aromatic N) is 3. The normalized spacial score (nSPS) is 10.5. The average Bonchev–Trinajstić information content (AvgIpc) is 2.29. The van der Waals surface area contributed by atoms with Gasteiger partial charge in [0.2, 0.25) is 0 Å². The van der Waals surface area contributed by atoms with Crippen LogP contribution in [0.5, 0.6) is 0 Å². The Hall–Kier alpha value is -1.18. The Morgan fingerprint density at radius 3 is 2.76 bits per heavy atom. The molecule has 5 nitrogen and oxygen atoms in total. The van der Waals surface area contributed by atoms with Gasteiger partial charge in [0.1, 0.15) is 5.82 Å². The van der Waals surface area contributed by atoms with E-state index in [-0.39, 0.29) is 24.0 Å². The lowest BCUT2D eigenvalue weighted by Gasteiger charge is -2.01. The first-order valence-electron chi connectivity index (χ1n) is 5.14. The van der Waals surface area contributed by atoms with Gasteiger partial charge in [-0.05, 0) is 12.5 Å². The molecule has 1 aromatic rings. The number of aryl methyl sites for hydroxylation is 1. The van der Waals surface area contributed by atoms with E-state index in [9.17, 15) is 0 Å². The van der Waals surface area contributed by atoms with Crippen LogP contribution < -0.4 is 11.1 Å². The fraction of sp³-hybridized carbons (Fsp3) is 0.364. The van der Waals surface area contributed by atoms with E-state index in [2.05, 4.69) is 26.9 Å². The summed E-state index contributed by atoms with van der Waals surface area (Å²) >= 11 is 0. The van der Waals surface area contributed by atoms with Crippen LogP contribution in [-0.4, -0.2) is 29.0 Å². The fourth-order valence-corrected chi connectivity index (χ4v) is 1.06. The van der Waals surface area contributed by atoms with Crippen molar-refractivity contribution < 1.29 is 0 Å². The van der Waals surface area contributed by atoms with E-state index < -0.39 is 0 Å². The number of guanidine groups is 1. The van der Waals surface area contributed by atoms with Crippen molar-refractivity contribution in [1.82, 2.24) is 15.3 Å².